The molecule has 0 aromatic rings. The van der Waals surface area contributed by atoms with Crippen molar-refractivity contribution in [3.05, 3.63) is 12.2 Å². The van der Waals surface area contributed by atoms with Gasteiger partial charge in [0.25, 0.3) is 0 Å². The van der Waals surface area contributed by atoms with Crippen LogP contribution in [0.1, 0.15) is 6.42 Å². The van der Waals surface area contributed by atoms with Gasteiger partial charge in [-0.3, -0.25) is 4.21 Å². The van der Waals surface area contributed by atoms with Crippen LogP contribution in [0.5, 0.6) is 0 Å². The number of nitrogens with one attached hydrogen (secondary N) is 1. The minimum Gasteiger partial charge on any atom is -0.478 e. The molecule has 0 heterocycles. The lowest BCUT2D eigenvalue weighted by atomic mass is 10.4. The van der Waals surface area contributed by atoms with E-state index in [-0.39, 0.29) is 0 Å². The predicted molar refractivity (Wildman–Crippen MR) is 53.2 cm³/mol. The normalized spacial score (nSPS) is 13.3. The lowest BCUT2D eigenvalue weighted by Gasteiger charge is -1.98. The Morgan fingerprint density at radius 2 is 2.31 bits per heavy atom. The van der Waals surface area contributed by atoms with Crippen LogP contribution in [-0.2, 0) is 15.6 Å². The van der Waals surface area contributed by atoms with E-state index in [0.717, 1.165) is 19.0 Å². The molecule has 0 amide bonds. The minimum absolute atomic E-state index is 0.544. The van der Waals surface area contributed by atoms with Crippen molar-refractivity contribution in [1.82, 2.24) is 5.32 Å². The SMILES string of the molecule is CS(=O)CCCNC/C=C/C(=O)O. The highest BCUT2D eigenvalue weighted by Gasteiger charge is 1.90. The molecule has 0 radical (unpaired) electrons. The van der Waals surface area contributed by atoms with Crippen molar-refractivity contribution in [2.45, 2.75) is 6.42 Å². The van der Waals surface area contributed by atoms with Crippen molar-refractivity contribution in [2.24, 2.45) is 0 Å². The summed E-state index contributed by atoms with van der Waals surface area (Å²) in [6.45, 7) is 1.31. The van der Waals surface area contributed by atoms with Crippen molar-refractivity contribution in [1.29, 1.82) is 0 Å². The van der Waals surface area contributed by atoms with Crippen molar-refractivity contribution < 1.29 is 14.1 Å². The summed E-state index contributed by atoms with van der Waals surface area (Å²) < 4.78 is 10.6. The zero-order valence-electron chi connectivity index (χ0n) is 7.66. The number of carboxylic acid groups (broad SMARTS) is 1. The fraction of sp³-hybridized carbons (Fsp3) is 0.625. The molecule has 1 atom stereocenters. The van der Waals surface area contributed by atoms with Crippen LogP contribution in [0, 0.1) is 0 Å². The van der Waals surface area contributed by atoms with Crippen LogP contribution < -0.4 is 5.32 Å². The van der Waals surface area contributed by atoms with E-state index in [4.69, 9.17) is 5.11 Å². The summed E-state index contributed by atoms with van der Waals surface area (Å²) >= 11 is 0. The predicted octanol–water partition coefficient (Wildman–Crippen LogP) is -0.0146. The van der Waals surface area contributed by atoms with E-state index in [2.05, 4.69) is 5.32 Å². The third-order valence-corrected chi connectivity index (χ3v) is 2.17. The number of carbonyl (C=O) groups is 1. The van der Waals surface area contributed by atoms with Crippen LogP contribution in [0.3, 0.4) is 0 Å². The lowest BCUT2D eigenvalue weighted by Crippen LogP contribution is -2.17. The second-order valence-corrected chi connectivity index (χ2v) is 4.13. The van der Waals surface area contributed by atoms with E-state index in [1.807, 2.05) is 0 Å². The molecule has 4 nitrogen and oxygen atoms in total. The number of rotatable bonds is 7. The first-order chi connectivity index (χ1) is 6.13. The first-order valence-electron chi connectivity index (χ1n) is 4.03. The first kappa shape index (κ1) is 12.3. The Morgan fingerprint density at radius 3 is 2.85 bits per heavy atom. The first-order valence-corrected chi connectivity index (χ1v) is 5.76. The van der Waals surface area contributed by atoms with E-state index in [0.29, 0.717) is 12.3 Å². The summed E-state index contributed by atoms with van der Waals surface area (Å²) in [4.78, 5) is 10.0. The maximum Gasteiger partial charge on any atom is 0.328 e. The molecule has 13 heavy (non-hydrogen) atoms. The fourth-order valence-corrected chi connectivity index (χ4v) is 1.30. The molecule has 76 valence electrons. The van der Waals surface area contributed by atoms with E-state index < -0.39 is 16.8 Å². The minimum atomic E-state index is -0.934. The molecule has 0 aliphatic heterocycles. The summed E-state index contributed by atoms with van der Waals surface area (Å²) in [6, 6.07) is 0. The number of hydrogen-bond acceptors (Lipinski definition) is 3. The van der Waals surface area contributed by atoms with Crippen LogP contribution >= 0.6 is 0 Å². The molecule has 0 bridgehead atoms. The van der Waals surface area contributed by atoms with Crippen LogP contribution in [0.4, 0.5) is 0 Å². The molecule has 0 aromatic heterocycles. The van der Waals surface area contributed by atoms with Crippen molar-refractivity contribution >= 4 is 16.8 Å². The summed E-state index contributed by atoms with van der Waals surface area (Å²) in [6.07, 6.45) is 5.17. The Labute approximate surface area is 80.5 Å². The van der Waals surface area contributed by atoms with Crippen LogP contribution in [0.15, 0.2) is 12.2 Å². The standard InChI is InChI=1S/C8H15NO3S/c1-13(12)7-3-6-9-5-2-4-8(10)11/h2,4,9H,3,5-7H2,1H3,(H,10,11)/b4-2+. The maximum absolute atomic E-state index is 10.6. The molecule has 0 rings (SSSR count). The molecule has 5 heteroatoms. The Hall–Kier alpha value is -0.680. The average Bonchev–Trinajstić information content (AvgIpc) is 2.01. The topological polar surface area (TPSA) is 66.4 Å². The third kappa shape index (κ3) is 11.3. The molecule has 2 N–H and O–H groups in total. The molecule has 0 spiro atoms. The second kappa shape index (κ2) is 7.94. The Balaban J connectivity index is 3.17. The van der Waals surface area contributed by atoms with Gasteiger partial charge in [-0.05, 0) is 13.0 Å². The molecule has 1 unspecified atom stereocenters. The molecule has 0 aliphatic carbocycles. The van der Waals surface area contributed by atoms with E-state index >= 15 is 0 Å². The zero-order valence-corrected chi connectivity index (χ0v) is 8.47. The van der Waals surface area contributed by atoms with E-state index in [1.165, 1.54) is 0 Å². The summed E-state index contributed by atoms with van der Waals surface area (Å²) in [5, 5.41) is 11.2. The second-order valence-electron chi connectivity index (χ2n) is 2.58. The highest BCUT2D eigenvalue weighted by atomic mass is 32.2. The highest BCUT2D eigenvalue weighted by molar-refractivity contribution is 7.84. The van der Waals surface area contributed by atoms with Gasteiger partial charge >= 0.3 is 5.97 Å². The fourth-order valence-electron chi connectivity index (χ4n) is 0.746. The number of aliphatic carboxylic acids is 1. The largest absolute Gasteiger partial charge is 0.478 e. The Bertz CT molecular complexity index is 204. The van der Waals surface area contributed by atoms with Crippen LogP contribution in [-0.4, -0.2) is 40.4 Å². The zero-order chi connectivity index (χ0) is 10.1. The summed E-state index contributed by atoms with van der Waals surface area (Å²) in [5.41, 5.74) is 0. The molecule has 0 saturated carbocycles. The van der Waals surface area contributed by atoms with Gasteiger partial charge in [0.15, 0.2) is 0 Å². The Kier molecular flexibility index (Phi) is 7.53. The van der Waals surface area contributed by atoms with Crippen molar-refractivity contribution in [2.75, 3.05) is 25.1 Å². The van der Waals surface area contributed by atoms with Crippen LogP contribution in [0.2, 0.25) is 0 Å². The molecule has 0 fully saturated rings. The van der Waals surface area contributed by atoms with Gasteiger partial charge in [0, 0.05) is 35.4 Å². The van der Waals surface area contributed by atoms with Gasteiger partial charge in [-0.25, -0.2) is 4.79 Å². The van der Waals surface area contributed by atoms with E-state index in [9.17, 15) is 9.00 Å². The number of carboxylic acids is 1. The van der Waals surface area contributed by atoms with Gasteiger partial charge in [0.1, 0.15) is 0 Å². The maximum atomic E-state index is 10.6. The molecule has 0 aromatic carbocycles. The third-order valence-electron chi connectivity index (χ3n) is 1.31. The quantitative estimate of drug-likeness (QED) is 0.453. The van der Waals surface area contributed by atoms with Gasteiger partial charge < -0.3 is 10.4 Å². The monoisotopic (exact) mass is 205 g/mol. The average molecular weight is 205 g/mol. The van der Waals surface area contributed by atoms with Gasteiger partial charge in [-0.15, -0.1) is 0 Å². The van der Waals surface area contributed by atoms with Gasteiger partial charge in [0.05, 0.1) is 0 Å². The molecule has 0 aliphatic rings. The van der Waals surface area contributed by atoms with Gasteiger partial charge in [-0.2, -0.15) is 0 Å². The van der Waals surface area contributed by atoms with Crippen molar-refractivity contribution in [3.8, 4) is 0 Å². The number of hydrogen-bond donors (Lipinski definition) is 2. The van der Waals surface area contributed by atoms with Crippen molar-refractivity contribution in [3.63, 3.8) is 0 Å². The smallest absolute Gasteiger partial charge is 0.328 e. The molecule has 0 saturated heterocycles. The lowest BCUT2D eigenvalue weighted by molar-refractivity contribution is -0.131. The van der Waals surface area contributed by atoms with E-state index in [1.54, 1.807) is 12.3 Å². The highest BCUT2D eigenvalue weighted by Crippen LogP contribution is 1.81. The van der Waals surface area contributed by atoms with Crippen LogP contribution in [0.25, 0.3) is 0 Å². The summed E-state index contributed by atoms with van der Waals surface area (Å²) in [7, 11) is -0.732. The van der Waals surface area contributed by atoms with Gasteiger partial charge in [-0.1, -0.05) is 6.08 Å². The Morgan fingerprint density at radius 1 is 1.62 bits per heavy atom. The molecular weight excluding hydrogens is 190 g/mol. The summed E-state index contributed by atoms with van der Waals surface area (Å²) in [5.74, 6) is -0.244. The van der Waals surface area contributed by atoms with Gasteiger partial charge in [0.2, 0.25) is 0 Å². The molecular formula is C8H15NO3S.